The minimum Gasteiger partial charge on any atom is -0.497 e. The maximum Gasteiger partial charge on any atom is 0.264 e. The third kappa shape index (κ3) is 8.66. The third-order valence-corrected chi connectivity index (χ3v) is 10.6. The van der Waals surface area contributed by atoms with Crippen LogP contribution < -0.4 is 14.4 Å². The van der Waals surface area contributed by atoms with Crippen LogP contribution in [0.15, 0.2) is 108 Å². The lowest BCUT2D eigenvalue weighted by Crippen LogP contribution is -2.54. The smallest absolute Gasteiger partial charge is 0.264 e. The number of sulfonamides is 1. The Morgan fingerprint density at radius 1 is 0.872 bits per heavy atom. The van der Waals surface area contributed by atoms with Gasteiger partial charge in [0, 0.05) is 24.0 Å². The van der Waals surface area contributed by atoms with Gasteiger partial charge in [-0.15, -0.1) is 0 Å². The first-order valence-electron chi connectivity index (χ1n) is 15.5. The monoisotopic (exact) mass is 693 g/mol. The molecule has 0 aliphatic heterocycles. The van der Waals surface area contributed by atoms with Gasteiger partial charge >= 0.3 is 0 Å². The van der Waals surface area contributed by atoms with Gasteiger partial charge in [0.2, 0.25) is 11.8 Å². The van der Waals surface area contributed by atoms with Crippen LogP contribution in [0.25, 0.3) is 0 Å². The number of ether oxygens (including phenoxy) is 1. The number of benzene rings is 4. The van der Waals surface area contributed by atoms with Crippen LogP contribution in [0, 0.1) is 0 Å². The molecule has 2 amide bonds. The van der Waals surface area contributed by atoms with Crippen molar-refractivity contribution in [3.05, 3.63) is 124 Å². The molecule has 0 bridgehead atoms. The Morgan fingerprint density at radius 3 is 2.19 bits per heavy atom. The average Bonchev–Trinajstić information content (AvgIpc) is 3.59. The summed E-state index contributed by atoms with van der Waals surface area (Å²) in [6.07, 6.45) is 4.00. The van der Waals surface area contributed by atoms with E-state index in [2.05, 4.69) is 5.32 Å². The Labute approximate surface area is 286 Å². The van der Waals surface area contributed by atoms with Crippen molar-refractivity contribution in [2.24, 2.45) is 0 Å². The highest BCUT2D eigenvalue weighted by Crippen LogP contribution is 2.33. The molecule has 47 heavy (non-hydrogen) atoms. The van der Waals surface area contributed by atoms with Gasteiger partial charge in [-0.2, -0.15) is 0 Å². The highest BCUT2D eigenvalue weighted by molar-refractivity contribution is 7.92. The summed E-state index contributed by atoms with van der Waals surface area (Å²) >= 11 is 12.7. The number of nitrogens with one attached hydrogen (secondary N) is 1. The molecule has 1 atom stereocenters. The summed E-state index contributed by atoms with van der Waals surface area (Å²) in [5.41, 5.74) is 1.66. The fourth-order valence-corrected chi connectivity index (χ4v) is 7.82. The van der Waals surface area contributed by atoms with Gasteiger partial charge < -0.3 is 15.0 Å². The van der Waals surface area contributed by atoms with Crippen LogP contribution in [0.1, 0.15) is 36.8 Å². The minimum absolute atomic E-state index is 0.0115. The lowest BCUT2D eigenvalue weighted by Gasteiger charge is -2.34. The molecular formula is C36H37Cl2N3O5S. The molecule has 11 heteroatoms. The number of carbonyl (C=O) groups is 2. The zero-order valence-corrected chi connectivity index (χ0v) is 28.3. The number of nitrogens with zero attached hydrogens (tertiary/aromatic N) is 2. The van der Waals surface area contributed by atoms with Gasteiger partial charge in [-0.1, -0.05) is 96.7 Å². The summed E-state index contributed by atoms with van der Waals surface area (Å²) in [6.45, 7) is -0.594. The van der Waals surface area contributed by atoms with Gasteiger partial charge in [-0.05, 0) is 66.4 Å². The summed E-state index contributed by atoms with van der Waals surface area (Å²) in [6, 6.07) is 28.0. The first kappa shape index (κ1) is 34.3. The standard InChI is InChI=1S/C36H37Cl2N3O5S/c1-46-30-16-10-13-27(21-30)24-40(34(22-26-11-4-2-5-12-26)36(43)39-29-14-8-9-15-29)35(42)25-41(33-20-19-28(37)23-32(33)38)47(44,45)31-17-6-3-7-18-31/h2-7,10-13,16-21,23,29,34H,8-9,14-15,22,24-25H2,1H3,(H,39,43). The molecule has 1 aliphatic rings. The largest absolute Gasteiger partial charge is 0.497 e. The molecule has 0 spiro atoms. The lowest BCUT2D eigenvalue weighted by atomic mass is 10.0. The maximum atomic E-state index is 14.7. The molecule has 1 aliphatic carbocycles. The highest BCUT2D eigenvalue weighted by atomic mass is 35.5. The number of hydrogen-bond acceptors (Lipinski definition) is 5. The van der Waals surface area contributed by atoms with Crippen LogP contribution in [0.3, 0.4) is 0 Å². The molecule has 1 fully saturated rings. The number of amides is 2. The van der Waals surface area contributed by atoms with Gasteiger partial charge in [0.05, 0.1) is 22.7 Å². The number of carbonyl (C=O) groups excluding carboxylic acids is 2. The van der Waals surface area contributed by atoms with Crippen LogP contribution in [0.4, 0.5) is 5.69 Å². The Bertz CT molecular complexity index is 1790. The molecule has 1 unspecified atom stereocenters. The van der Waals surface area contributed by atoms with Gasteiger partial charge in [-0.25, -0.2) is 8.42 Å². The number of anilines is 1. The van der Waals surface area contributed by atoms with Gasteiger partial charge in [0.15, 0.2) is 0 Å². The van der Waals surface area contributed by atoms with E-state index in [1.54, 1.807) is 43.5 Å². The van der Waals surface area contributed by atoms with E-state index in [1.807, 2.05) is 36.4 Å². The van der Waals surface area contributed by atoms with Crippen molar-refractivity contribution in [2.45, 2.75) is 55.6 Å². The average molecular weight is 695 g/mol. The van der Waals surface area contributed by atoms with Crippen molar-refractivity contribution in [1.82, 2.24) is 10.2 Å². The van der Waals surface area contributed by atoms with Crippen LogP contribution in [-0.4, -0.2) is 50.9 Å². The molecule has 5 rings (SSSR count). The van der Waals surface area contributed by atoms with Crippen molar-refractivity contribution in [2.75, 3.05) is 18.0 Å². The zero-order valence-electron chi connectivity index (χ0n) is 26.0. The van der Waals surface area contributed by atoms with Crippen LogP contribution in [0.2, 0.25) is 10.0 Å². The van der Waals surface area contributed by atoms with E-state index in [9.17, 15) is 18.0 Å². The molecule has 1 saturated carbocycles. The Kier molecular flexibility index (Phi) is 11.4. The third-order valence-electron chi connectivity index (χ3n) is 8.25. The first-order chi connectivity index (χ1) is 22.7. The topological polar surface area (TPSA) is 96.0 Å². The van der Waals surface area contributed by atoms with E-state index in [1.165, 1.54) is 35.2 Å². The first-order valence-corrected chi connectivity index (χ1v) is 17.6. The molecule has 4 aromatic carbocycles. The molecular weight excluding hydrogens is 657 g/mol. The van der Waals surface area contributed by atoms with Crippen LogP contribution >= 0.6 is 23.2 Å². The van der Waals surface area contributed by atoms with Crippen molar-refractivity contribution in [3.8, 4) is 5.75 Å². The second-order valence-corrected chi connectivity index (χ2v) is 14.2. The van der Waals surface area contributed by atoms with E-state index < -0.39 is 28.5 Å². The number of hydrogen-bond donors (Lipinski definition) is 1. The molecule has 246 valence electrons. The summed E-state index contributed by atoms with van der Waals surface area (Å²) in [5.74, 6) is -0.286. The van der Waals surface area contributed by atoms with Crippen LogP contribution in [0.5, 0.6) is 5.75 Å². The predicted octanol–water partition coefficient (Wildman–Crippen LogP) is 6.90. The Hall–Kier alpha value is -4.05. The molecule has 8 nitrogen and oxygen atoms in total. The quantitative estimate of drug-likeness (QED) is 0.164. The van der Waals surface area contributed by atoms with Crippen LogP contribution in [-0.2, 0) is 32.6 Å². The van der Waals surface area contributed by atoms with Crippen molar-refractivity contribution >= 4 is 50.7 Å². The Balaban J connectivity index is 1.59. The second kappa shape index (κ2) is 15.7. The summed E-state index contributed by atoms with van der Waals surface area (Å²) < 4.78 is 34.7. The van der Waals surface area contributed by atoms with E-state index in [4.69, 9.17) is 27.9 Å². The molecule has 0 radical (unpaired) electrons. The van der Waals surface area contributed by atoms with Crippen molar-refractivity contribution < 1.29 is 22.7 Å². The molecule has 0 saturated heterocycles. The number of rotatable bonds is 13. The van der Waals surface area contributed by atoms with Crippen molar-refractivity contribution in [1.29, 1.82) is 0 Å². The van der Waals surface area contributed by atoms with E-state index >= 15 is 0 Å². The summed E-state index contributed by atoms with van der Waals surface area (Å²) in [7, 11) is -2.73. The molecule has 4 aromatic rings. The Morgan fingerprint density at radius 2 is 1.53 bits per heavy atom. The molecule has 0 aromatic heterocycles. The van der Waals surface area contributed by atoms with E-state index in [-0.39, 0.29) is 40.5 Å². The summed E-state index contributed by atoms with van der Waals surface area (Å²) in [4.78, 5) is 30.2. The normalized spacial score (nSPS) is 13.9. The van der Waals surface area contributed by atoms with E-state index in [0.29, 0.717) is 16.3 Å². The molecule has 0 heterocycles. The number of halogens is 2. The van der Waals surface area contributed by atoms with Gasteiger partial charge in [0.1, 0.15) is 18.3 Å². The maximum absolute atomic E-state index is 14.7. The van der Waals surface area contributed by atoms with E-state index in [0.717, 1.165) is 35.6 Å². The lowest BCUT2D eigenvalue weighted by molar-refractivity contribution is -0.140. The summed E-state index contributed by atoms with van der Waals surface area (Å²) in [5, 5.41) is 3.55. The zero-order chi connectivity index (χ0) is 33.4. The fourth-order valence-electron chi connectivity index (χ4n) is 5.81. The minimum atomic E-state index is -4.29. The second-order valence-electron chi connectivity index (χ2n) is 11.5. The van der Waals surface area contributed by atoms with Gasteiger partial charge in [0.25, 0.3) is 10.0 Å². The highest BCUT2D eigenvalue weighted by Gasteiger charge is 2.36. The predicted molar refractivity (Wildman–Crippen MR) is 185 cm³/mol. The number of methoxy groups -OCH3 is 1. The SMILES string of the molecule is COc1cccc(CN(C(=O)CN(c2ccc(Cl)cc2Cl)S(=O)(=O)c2ccccc2)C(Cc2ccccc2)C(=O)NC2CCCC2)c1. The van der Waals surface area contributed by atoms with Crippen molar-refractivity contribution in [3.63, 3.8) is 0 Å². The fraction of sp³-hybridized carbons (Fsp3) is 0.278. The molecule has 1 N–H and O–H groups in total. The van der Waals surface area contributed by atoms with Gasteiger partial charge in [-0.3, -0.25) is 13.9 Å².